The highest BCUT2D eigenvalue weighted by Gasteiger charge is 2.38. The number of thiazole rings is 1. The number of hydrogen-bond donors (Lipinski definition) is 4. The van der Waals surface area contributed by atoms with E-state index in [1.54, 1.807) is 23.1 Å². The lowest BCUT2D eigenvalue weighted by Crippen LogP contribution is -2.58. The third kappa shape index (κ3) is 5.22. The zero-order valence-electron chi connectivity index (χ0n) is 21.5. The molecule has 0 bridgehead atoms. The smallest absolute Gasteiger partial charge is 0.307 e. The number of amidine groups is 1. The molecule has 0 saturated carbocycles. The molecule has 1 saturated heterocycles. The minimum absolute atomic E-state index is 0.0466. The number of aromatic nitrogens is 2. The molecular weight excluding hydrogens is 544 g/mol. The number of carbonyl (C=O) groups is 2. The summed E-state index contributed by atoms with van der Waals surface area (Å²) in [6.07, 6.45) is 3.63. The minimum Gasteiger partial charge on any atom is -0.409 e. The number of nitrogens with two attached hydrogens (primary N) is 1. The minimum atomic E-state index is -4.01. The predicted octanol–water partition coefficient (Wildman–Crippen LogP) is 0.282. The van der Waals surface area contributed by atoms with Gasteiger partial charge in [-0.05, 0) is 13.0 Å². The van der Waals surface area contributed by atoms with Crippen molar-refractivity contribution < 1.29 is 23.2 Å². The quantitative estimate of drug-likeness (QED) is 0.141. The summed E-state index contributed by atoms with van der Waals surface area (Å²) in [6, 6.07) is 4.55. The molecule has 3 aromatic rings. The Balaban J connectivity index is 1.40. The molecule has 208 valence electrons. The zero-order chi connectivity index (χ0) is 27.9. The first-order chi connectivity index (χ1) is 18.6. The zero-order valence-corrected chi connectivity index (χ0v) is 23.1. The highest BCUT2D eigenvalue weighted by molar-refractivity contribution is 7.87. The fraction of sp³-hybridized carbons (Fsp3) is 0.417. The summed E-state index contributed by atoms with van der Waals surface area (Å²) in [4.78, 5) is 33.1. The van der Waals surface area contributed by atoms with Gasteiger partial charge in [0, 0.05) is 85.7 Å². The number of benzene rings is 1. The van der Waals surface area contributed by atoms with Gasteiger partial charge in [-0.25, -0.2) is 8.96 Å². The molecule has 5 N–H and O–H groups in total. The Morgan fingerprint density at radius 2 is 2.05 bits per heavy atom. The van der Waals surface area contributed by atoms with Crippen molar-refractivity contribution in [1.82, 2.24) is 28.8 Å². The van der Waals surface area contributed by atoms with Crippen LogP contribution in [0.3, 0.4) is 0 Å². The highest BCUT2D eigenvalue weighted by atomic mass is 32.2. The van der Waals surface area contributed by atoms with E-state index in [1.165, 1.54) is 35.1 Å². The molecule has 2 aliphatic heterocycles. The fourth-order valence-corrected chi connectivity index (χ4v) is 7.35. The van der Waals surface area contributed by atoms with E-state index in [4.69, 9.17) is 10.9 Å². The molecular formula is C24H30N8O5S2. The van der Waals surface area contributed by atoms with Crippen molar-refractivity contribution in [3.8, 4) is 0 Å². The molecule has 13 nitrogen and oxygen atoms in total. The number of rotatable bonds is 6. The Labute approximate surface area is 229 Å². The van der Waals surface area contributed by atoms with Gasteiger partial charge in [0.25, 0.3) is 5.91 Å². The molecule has 2 unspecified atom stereocenters. The topological polar surface area (TPSA) is 175 Å². The van der Waals surface area contributed by atoms with Crippen molar-refractivity contribution in [1.29, 1.82) is 0 Å². The third-order valence-electron chi connectivity index (χ3n) is 7.09. The molecule has 0 radical (unpaired) electrons. The second-order valence-corrected chi connectivity index (χ2v) is 12.6. The second-order valence-electron chi connectivity index (χ2n) is 9.69. The maximum atomic E-state index is 13.6. The molecule has 5 rings (SSSR count). The highest BCUT2D eigenvalue weighted by Crippen LogP contribution is 2.27. The average molecular weight is 575 g/mol. The van der Waals surface area contributed by atoms with E-state index in [0.717, 1.165) is 21.0 Å². The van der Waals surface area contributed by atoms with Crippen LogP contribution in [0.2, 0.25) is 0 Å². The molecule has 1 aromatic carbocycles. The van der Waals surface area contributed by atoms with Crippen molar-refractivity contribution in [2.45, 2.75) is 38.4 Å². The Bertz CT molecular complexity index is 1560. The maximum Gasteiger partial charge on any atom is 0.307 e. The standard InChI is InChI=1S/C24H30N8O5S2/c1-14-7-19-20(10-27-14)38-23(28-19)24(34)32-6-5-30(13-18(32)9-21(33)26-2)39(36,37)31-11-16-4-3-15(22(25)29-35)8-17(16)12-31/h3-4,8,11-12,14,18,27,35H,5-7,9-10,13H2,1-2H3,(H2,25,29)(H,26,33). The van der Waals surface area contributed by atoms with Gasteiger partial charge in [0.05, 0.1) is 11.7 Å². The molecule has 4 heterocycles. The van der Waals surface area contributed by atoms with Crippen LogP contribution in [-0.4, -0.2) is 88.2 Å². The Hall–Kier alpha value is -3.53. The average Bonchev–Trinajstić information content (AvgIpc) is 3.56. The molecule has 2 aliphatic rings. The monoisotopic (exact) mass is 574 g/mol. The van der Waals surface area contributed by atoms with Gasteiger partial charge in [-0.2, -0.15) is 12.7 Å². The number of amides is 2. The van der Waals surface area contributed by atoms with Gasteiger partial charge in [-0.15, -0.1) is 11.3 Å². The number of nitrogens with zero attached hydrogens (tertiary/aromatic N) is 5. The molecule has 0 aliphatic carbocycles. The lowest BCUT2D eigenvalue weighted by molar-refractivity contribution is -0.121. The summed E-state index contributed by atoms with van der Waals surface area (Å²) < 4.78 is 29.6. The van der Waals surface area contributed by atoms with Gasteiger partial charge >= 0.3 is 10.2 Å². The number of nitrogens with one attached hydrogen (secondary N) is 2. The van der Waals surface area contributed by atoms with Gasteiger partial charge < -0.3 is 26.5 Å². The first-order valence-electron chi connectivity index (χ1n) is 12.4. The lowest BCUT2D eigenvalue weighted by Gasteiger charge is -2.40. The van der Waals surface area contributed by atoms with Crippen LogP contribution in [-0.2, 0) is 28.0 Å². The van der Waals surface area contributed by atoms with E-state index in [0.29, 0.717) is 27.9 Å². The van der Waals surface area contributed by atoms with E-state index < -0.39 is 16.3 Å². The molecule has 39 heavy (non-hydrogen) atoms. The predicted molar refractivity (Wildman–Crippen MR) is 146 cm³/mol. The normalized spacial score (nSPS) is 20.7. The van der Waals surface area contributed by atoms with Crippen LogP contribution in [0.4, 0.5) is 0 Å². The van der Waals surface area contributed by atoms with E-state index >= 15 is 0 Å². The van der Waals surface area contributed by atoms with Crippen LogP contribution in [0.5, 0.6) is 0 Å². The molecule has 2 amide bonds. The number of hydrogen-bond acceptors (Lipinski definition) is 9. The van der Waals surface area contributed by atoms with Crippen LogP contribution in [0.15, 0.2) is 35.7 Å². The van der Waals surface area contributed by atoms with Crippen LogP contribution >= 0.6 is 11.3 Å². The summed E-state index contributed by atoms with van der Waals surface area (Å²) in [5, 5.41) is 19.5. The second kappa shape index (κ2) is 10.6. The lowest BCUT2D eigenvalue weighted by atomic mass is 10.1. The molecule has 0 spiro atoms. The number of fused-ring (bicyclic) bond motifs is 2. The molecule has 1 fully saturated rings. The molecule has 15 heteroatoms. The van der Waals surface area contributed by atoms with E-state index in [1.807, 2.05) is 0 Å². The Kier molecular flexibility index (Phi) is 7.33. The SMILES string of the molecule is CNC(=O)CC1CN(S(=O)(=O)n2cc3ccc(C(N)=NO)cc3c2)CCN1C(=O)c1nc2c(s1)CNC(C)C2. The Morgan fingerprint density at radius 1 is 1.28 bits per heavy atom. The fourth-order valence-electron chi connectivity index (χ4n) is 4.92. The van der Waals surface area contributed by atoms with Crippen molar-refractivity contribution in [3.05, 3.63) is 51.7 Å². The van der Waals surface area contributed by atoms with Gasteiger partial charge in [0.15, 0.2) is 10.8 Å². The van der Waals surface area contributed by atoms with E-state index in [2.05, 4.69) is 27.7 Å². The summed E-state index contributed by atoms with van der Waals surface area (Å²) in [7, 11) is -2.51. The number of piperazine rings is 1. The van der Waals surface area contributed by atoms with Gasteiger partial charge in [-0.1, -0.05) is 17.3 Å². The van der Waals surface area contributed by atoms with Crippen molar-refractivity contribution in [2.24, 2.45) is 10.9 Å². The molecule has 2 aromatic heterocycles. The Morgan fingerprint density at radius 3 is 2.79 bits per heavy atom. The first kappa shape index (κ1) is 27.1. The van der Waals surface area contributed by atoms with Crippen LogP contribution < -0.4 is 16.4 Å². The first-order valence-corrected chi connectivity index (χ1v) is 14.7. The number of carbonyl (C=O) groups excluding carboxylic acids is 2. The van der Waals surface area contributed by atoms with E-state index in [9.17, 15) is 18.0 Å². The number of oxime groups is 1. The van der Waals surface area contributed by atoms with Gasteiger partial charge in [0.2, 0.25) is 5.91 Å². The third-order valence-corrected chi connectivity index (χ3v) is 9.91. The summed E-state index contributed by atoms with van der Waals surface area (Å²) in [6.45, 7) is 2.85. The van der Waals surface area contributed by atoms with E-state index in [-0.39, 0.29) is 49.7 Å². The molecule has 2 atom stereocenters. The van der Waals surface area contributed by atoms with Crippen LogP contribution in [0.25, 0.3) is 10.8 Å². The van der Waals surface area contributed by atoms with Gasteiger partial charge in [0.1, 0.15) is 0 Å². The summed E-state index contributed by atoms with van der Waals surface area (Å²) >= 11 is 1.34. The van der Waals surface area contributed by atoms with Gasteiger partial charge in [-0.3, -0.25) is 9.59 Å². The maximum absolute atomic E-state index is 13.6. The largest absolute Gasteiger partial charge is 0.409 e. The van der Waals surface area contributed by atoms with Crippen molar-refractivity contribution >= 4 is 50.0 Å². The van der Waals surface area contributed by atoms with Crippen LogP contribution in [0.1, 0.15) is 39.3 Å². The summed E-state index contributed by atoms with van der Waals surface area (Å²) in [5.41, 5.74) is 7.03. The van der Waals surface area contributed by atoms with Crippen molar-refractivity contribution in [2.75, 3.05) is 26.7 Å². The summed E-state index contributed by atoms with van der Waals surface area (Å²) in [5.74, 6) is -0.677. The van der Waals surface area contributed by atoms with Crippen molar-refractivity contribution in [3.63, 3.8) is 0 Å². The van der Waals surface area contributed by atoms with Crippen LogP contribution in [0, 0.1) is 0 Å².